The average molecular weight is 255 g/mol. The number of nitrogens with one attached hydrogen (secondary N) is 2. The molecule has 0 radical (unpaired) electrons. The van der Waals surface area contributed by atoms with Gasteiger partial charge in [-0.3, -0.25) is 4.68 Å². The number of aromatic nitrogens is 2. The van der Waals surface area contributed by atoms with E-state index in [1.54, 1.807) is 4.68 Å². The summed E-state index contributed by atoms with van der Waals surface area (Å²) in [7, 11) is 6.04. The number of rotatable bonds is 6. The summed E-state index contributed by atoms with van der Waals surface area (Å²) in [6.07, 6.45) is 3.00. The summed E-state index contributed by atoms with van der Waals surface area (Å²) in [4.78, 5) is 2.16. The second kappa shape index (κ2) is 7.24. The molecule has 6 heteroatoms. The van der Waals surface area contributed by atoms with E-state index in [2.05, 4.69) is 34.7 Å². The highest BCUT2D eigenvalue weighted by atomic mass is 32.1. The maximum atomic E-state index is 5.17. The van der Waals surface area contributed by atoms with E-state index >= 15 is 0 Å². The van der Waals surface area contributed by atoms with E-state index in [0.717, 1.165) is 25.2 Å². The van der Waals surface area contributed by atoms with Crippen LogP contribution in [0.5, 0.6) is 0 Å². The summed E-state index contributed by atoms with van der Waals surface area (Å²) in [5.41, 5.74) is 0.991. The molecule has 0 aliphatic heterocycles. The van der Waals surface area contributed by atoms with Gasteiger partial charge in [-0.15, -0.1) is 0 Å². The van der Waals surface area contributed by atoms with Crippen LogP contribution in [-0.4, -0.2) is 47.0 Å². The number of nitrogens with zero attached hydrogens (tertiary/aromatic N) is 3. The third-order valence-electron chi connectivity index (χ3n) is 2.27. The van der Waals surface area contributed by atoms with Crippen molar-refractivity contribution >= 4 is 17.3 Å². The van der Waals surface area contributed by atoms with Crippen LogP contribution in [0.25, 0.3) is 0 Å². The van der Waals surface area contributed by atoms with E-state index in [1.807, 2.05) is 19.3 Å². The highest BCUT2D eigenvalue weighted by molar-refractivity contribution is 7.80. The Balaban J connectivity index is 2.09. The molecule has 17 heavy (non-hydrogen) atoms. The Morgan fingerprint density at radius 2 is 2.24 bits per heavy atom. The van der Waals surface area contributed by atoms with Crippen LogP contribution >= 0.6 is 12.2 Å². The van der Waals surface area contributed by atoms with Gasteiger partial charge < -0.3 is 15.5 Å². The molecule has 1 aromatic heterocycles. The molecule has 0 atom stereocenters. The summed E-state index contributed by atoms with van der Waals surface area (Å²) < 4.78 is 1.78. The summed E-state index contributed by atoms with van der Waals surface area (Å²) >= 11 is 5.17. The van der Waals surface area contributed by atoms with Crippen LogP contribution in [0.15, 0.2) is 12.3 Å². The SMILES string of the molecule is CN(C)CCCNC(=S)NCc1ccn(C)n1. The van der Waals surface area contributed by atoms with Gasteiger partial charge in [0.25, 0.3) is 0 Å². The van der Waals surface area contributed by atoms with Crippen LogP contribution in [0.1, 0.15) is 12.1 Å². The zero-order chi connectivity index (χ0) is 12.7. The molecule has 0 amide bonds. The molecular formula is C11H21N5S. The van der Waals surface area contributed by atoms with Gasteiger partial charge in [0.15, 0.2) is 5.11 Å². The third kappa shape index (κ3) is 6.23. The zero-order valence-corrected chi connectivity index (χ0v) is 11.5. The maximum Gasteiger partial charge on any atom is 0.166 e. The van der Waals surface area contributed by atoms with Gasteiger partial charge in [0.1, 0.15) is 0 Å². The lowest BCUT2D eigenvalue weighted by Gasteiger charge is -2.11. The number of thiocarbonyl (C=S) groups is 1. The molecule has 0 unspecified atom stereocenters. The minimum Gasteiger partial charge on any atom is -0.363 e. The van der Waals surface area contributed by atoms with E-state index < -0.39 is 0 Å². The topological polar surface area (TPSA) is 45.1 Å². The number of aryl methyl sites for hydroxylation is 1. The largest absolute Gasteiger partial charge is 0.363 e. The van der Waals surface area contributed by atoms with Crippen molar-refractivity contribution in [2.45, 2.75) is 13.0 Å². The fourth-order valence-corrected chi connectivity index (χ4v) is 1.56. The molecule has 0 fully saturated rings. The van der Waals surface area contributed by atoms with Crippen LogP contribution in [0.4, 0.5) is 0 Å². The molecule has 1 heterocycles. The lowest BCUT2D eigenvalue weighted by atomic mass is 10.4. The second-order valence-electron chi connectivity index (χ2n) is 4.25. The molecular weight excluding hydrogens is 234 g/mol. The Morgan fingerprint density at radius 3 is 2.82 bits per heavy atom. The molecule has 0 saturated carbocycles. The first kappa shape index (κ1) is 13.9. The lowest BCUT2D eigenvalue weighted by molar-refractivity contribution is 0.400. The maximum absolute atomic E-state index is 5.17. The molecule has 0 aromatic carbocycles. The minimum atomic E-state index is 0.667. The molecule has 1 aromatic rings. The standard InChI is InChI=1S/C11H21N5S/c1-15(2)7-4-6-12-11(17)13-9-10-5-8-16(3)14-10/h5,8H,4,6-7,9H2,1-3H3,(H2,12,13,17). The summed E-state index contributed by atoms with van der Waals surface area (Å²) in [5.74, 6) is 0. The Morgan fingerprint density at radius 1 is 1.47 bits per heavy atom. The van der Waals surface area contributed by atoms with Gasteiger partial charge in [0.05, 0.1) is 12.2 Å². The zero-order valence-electron chi connectivity index (χ0n) is 10.7. The number of hydrogen-bond donors (Lipinski definition) is 2. The minimum absolute atomic E-state index is 0.667. The van der Waals surface area contributed by atoms with Crippen molar-refractivity contribution in [1.82, 2.24) is 25.3 Å². The predicted molar refractivity (Wildman–Crippen MR) is 73.8 cm³/mol. The van der Waals surface area contributed by atoms with Crippen molar-refractivity contribution in [2.75, 3.05) is 27.2 Å². The van der Waals surface area contributed by atoms with Crippen LogP contribution in [-0.2, 0) is 13.6 Å². The van der Waals surface area contributed by atoms with E-state index in [1.165, 1.54) is 0 Å². The molecule has 0 aliphatic carbocycles. The summed E-state index contributed by atoms with van der Waals surface area (Å²) in [5, 5.41) is 11.3. The first-order chi connectivity index (χ1) is 8.08. The highest BCUT2D eigenvalue weighted by Crippen LogP contribution is 1.92. The molecule has 0 saturated heterocycles. The quantitative estimate of drug-likeness (QED) is 0.567. The van der Waals surface area contributed by atoms with Crippen molar-refractivity contribution in [1.29, 1.82) is 0 Å². The molecule has 0 bridgehead atoms. The predicted octanol–water partition coefficient (Wildman–Crippen LogP) is 0.336. The molecule has 2 N–H and O–H groups in total. The summed E-state index contributed by atoms with van der Waals surface area (Å²) in [6.45, 7) is 2.63. The van der Waals surface area contributed by atoms with Crippen molar-refractivity contribution in [3.63, 3.8) is 0 Å². The Bertz CT molecular complexity index is 347. The molecule has 0 spiro atoms. The first-order valence-corrected chi connectivity index (χ1v) is 6.13. The van der Waals surface area contributed by atoms with E-state index in [0.29, 0.717) is 11.7 Å². The summed E-state index contributed by atoms with van der Waals surface area (Å²) in [6, 6.07) is 1.97. The van der Waals surface area contributed by atoms with E-state index in [-0.39, 0.29) is 0 Å². The molecule has 0 aliphatic rings. The van der Waals surface area contributed by atoms with Crippen LogP contribution in [0, 0.1) is 0 Å². The highest BCUT2D eigenvalue weighted by Gasteiger charge is 1.98. The normalized spacial score (nSPS) is 10.6. The van der Waals surface area contributed by atoms with Gasteiger partial charge in [-0.1, -0.05) is 0 Å². The van der Waals surface area contributed by atoms with Gasteiger partial charge in [-0.25, -0.2) is 0 Å². The van der Waals surface area contributed by atoms with Crippen LogP contribution < -0.4 is 10.6 Å². The average Bonchev–Trinajstić information content (AvgIpc) is 2.67. The van der Waals surface area contributed by atoms with Gasteiger partial charge >= 0.3 is 0 Å². The van der Waals surface area contributed by atoms with Gasteiger partial charge in [0, 0.05) is 19.8 Å². The second-order valence-corrected chi connectivity index (χ2v) is 4.66. The van der Waals surface area contributed by atoms with Crippen molar-refractivity contribution in [3.05, 3.63) is 18.0 Å². The number of hydrogen-bond acceptors (Lipinski definition) is 3. The molecule has 1 rings (SSSR count). The smallest absolute Gasteiger partial charge is 0.166 e. The Kier molecular flexibility index (Phi) is 5.93. The van der Waals surface area contributed by atoms with Gasteiger partial charge in [0.2, 0.25) is 0 Å². The molecule has 5 nitrogen and oxygen atoms in total. The van der Waals surface area contributed by atoms with Crippen molar-refractivity contribution in [3.8, 4) is 0 Å². The van der Waals surface area contributed by atoms with Crippen LogP contribution in [0.3, 0.4) is 0 Å². The van der Waals surface area contributed by atoms with Crippen molar-refractivity contribution < 1.29 is 0 Å². The Hall–Kier alpha value is -1.14. The fraction of sp³-hybridized carbons (Fsp3) is 0.636. The van der Waals surface area contributed by atoms with Gasteiger partial charge in [-0.2, -0.15) is 5.10 Å². The molecule has 96 valence electrons. The van der Waals surface area contributed by atoms with E-state index in [9.17, 15) is 0 Å². The third-order valence-corrected chi connectivity index (χ3v) is 2.56. The van der Waals surface area contributed by atoms with Crippen LogP contribution in [0.2, 0.25) is 0 Å². The monoisotopic (exact) mass is 255 g/mol. The lowest BCUT2D eigenvalue weighted by Crippen LogP contribution is -2.36. The fourth-order valence-electron chi connectivity index (χ4n) is 1.39. The van der Waals surface area contributed by atoms with Crippen molar-refractivity contribution in [2.24, 2.45) is 7.05 Å². The Labute approximate surface area is 108 Å². The van der Waals surface area contributed by atoms with E-state index in [4.69, 9.17) is 12.2 Å². The van der Waals surface area contributed by atoms with Gasteiger partial charge in [-0.05, 0) is 45.3 Å². The first-order valence-electron chi connectivity index (χ1n) is 5.73.